The standard InChI is InChI=1S/C31H30O4/c1-18(2)15-34-17-28(32)20-11-12-25-23-9-6-10-24-27(31(33)35-16-19(3)4)14-13-26(30(23)24)22-8-5-7-21(20)29(22)25/h5-14,18-19H,15-17H2,1-4H3. The largest absolute Gasteiger partial charge is 0.462 e. The second-order valence-electron chi connectivity index (χ2n) is 10.1. The third kappa shape index (κ3) is 4.12. The molecule has 0 saturated heterocycles. The summed E-state index contributed by atoms with van der Waals surface area (Å²) in [6.07, 6.45) is 0. The van der Waals surface area contributed by atoms with Crippen molar-refractivity contribution in [2.75, 3.05) is 19.8 Å². The molecule has 0 bridgehead atoms. The summed E-state index contributed by atoms with van der Waals surface area (Å²) in [5, 5.41) is 8.20. The lowest BCUT2D eigenvalue weighted by atomic mass is 9.86. The van der Waals surface area contributed by atoms with Crippen LogP contribution in [0.5, 0.6) is 0 Å². The summed E-state index contributed by atoms with van der Waals surface area (Å²) in [5.41, 5.74) is 1.26. The lowest BCUT2D eigenvalue weighted by Gasteiger charge is -2.17. The van der Waals surface area contributed by atoms with Crippen LogP contribution in [-0.2, 0) is 9.47 Å². The second-order valence-corrected chi connectivity index (χ2v) is 10.1. The van der Waals surface area contributed by atoms with Gasteiger partial charge >= 0.3 is 5.97 Å². The smallest absolute Gasteiger partial charge is 0.338 e. The van der Waals surface area contributed by atoms with E-state index in [4.69, 9.17) is 9.47 Å². The number of hydrogen-bond donors (Lipinski definition) is 0. The van der Waals surface area contributed by atoms with Gasteiger partial charge in [-0.1, -0.05) is 82.3 Å². The van der Waals surface area contributed by atoms with Crippen LogP contribution in [0.3, 0.4) is 0 Å². The monoisotopic (exact) mass is 466 g/mol. The number of fused-ring (bicyclic) bond motifs is 2. The Labute approximate surface area is 205 Å². The Kier molecular flexibility index (Phi) is 6.16. The Bertz CT molecular complexity index is 1540. The van der Waals surface area contributed by atoms with Gasteiger partial charge in [0.05, 0.1) is 12.2 Å². The van der Waals surface area contributed by atoms with E-state index in [2.05, 4.69) is 26.0 Å². The number of rotatable bonds is 8. The average molecular weight is 467 g/mol. The summed E-state index contributed by atoms with van der Waals surface area (Å²) >= 11 is 0. The van der Waals surface area contributed by atoms with Gasteiger partial charge in [0.2, 0.25) is 0 Å². The van der Waals surface area contributed by atoms with Crippen molar-refractivity contribution in [3.63, 3.8) is 0 Å². The summed E-state index contributed by atoms with van der Waals surface area (Å²) in [6, 6.07) is 20.0. The van der Waals surface area contributed by atoms with Crippen LogP contribution in [0.2, 0.25) is 0 Å². The quantitative estimate of drug-likeness (QED) is 0.103. The van der Waals surface area contributed by atoms with Crippen molar-refractivity contribution in [3.8, 4) is 0 Å². The number of ether oxygens (including phenoxy) is 2. The fourth-order valence-electron chi connectivity index (χ4n) is 4.92. The molecule has 0 saturated carbocycles. The van der Waals surface area contributed by atoms with Crippen LogP contribution in [0.1, 0.15) is 48.4 Å². The Hall–Kier alpha value is -3.50. The summed E-state index contributed by atoms with van der Waals surface area (Å²) in [7, 11) is 0. The number of esters is 1. The van der Waals surface area contributed by atoms with Crippen LogP contribution in [0.25, 0.3) is 43.1 Å². The highest BCUT2D eigenvalue weighted by Gasteiger charge is 2.20. The Morgan fingerprint density at radius 3 is 1.69 bits per heavy atom. The van der Waals surface area contributed by atoms with Crippen LogP contribution in [0.15, 0.2) is 60.7 Å². The zero-order valence-corrected chi connectivity index (χ0v) is 20.7. The number of carbonyl (C=O) groups excluding carboxylic acids is 2. The molecule has 0 heterocycles. The van der Waals surface area contributed by atoms with Gasteiger partial charge in [0.15, 0.2) is 5.78 Å². The van der Waals surface area contributed by atoms with Crippen LogP contribution in [-0.4, -0.2) is 31.6 Å². The van der Waals surface area contributed by atoms with Crippen molar-refractivity contribution in [2.24, 2.45) is 11.8 Å². The summed E-state index contributed by atoms with van der Waals surface area (Å²) in [5.74, 6) is 0.343. The first-order valence-corrected chi connectivity index (χ1v) is 12.3. The average Bonchev–Trinajstić information content (AvgIpc) is 2.84. The highest BCUT2D eigenvalue weighted by molar-refractivity contribution is 6.35. The Balaban J connectivity index is 1.71. The predicted octanol–water partition coefficient (Wildman–Crippen LogP) is 7.41. The molecule has 0 unspecified atom stereocenters. The van der Waals surface area contributed by atoms with Gasteiger partial charge in [-0.15, -0.1) is 0 Å². The minimum absolute atomic E-state index is 0.0124. The first-order valence-electron chi connectivity index (χ1n) is 12.3. The minimum Gasteiger partial charge on any atom is -0.462 e. The molecule has 0 aliphatic heterocycles. The van der Waals surface area contributed by atoms with E-state index in [9.17, 15) is 9.59 Å². The second kappa shape index (κ2) is 9.27. The van der Waals surface area contributed by atoms with Gasteiger partial charge in [0, 0.05) is 12.2 Å². The van der Waals surface area contributed by atoms with E-state index < -0.39 is 0 Å². The van der Waals surface area contributed by atoms with Gasteiger partial charge in [-0.3, -0.25) is 4.79 Å². The first kappa shape index (κ1) is 23.3. The maximum Gasteiger partial charge on any atom is 0.338 e. The van der Waals surface area contributed by atoms with E-state index in [0.717, 1.165) is 43.1 Å². The Morgan fingerprint density at radius 2 is 1.11 bits per heavy atom. The van der Waals surface area contributed by atoms with E-state index in [1.807, 2.05) is 62.4 Å². The molecule has 0 N–H and O–H groups in total. The normalized spacial score (nSPS) is 12.1. The summed E-state index contributed by atoms with van der Waals surface area (Å²) in [6.45, 7) is 9.22. The molecule has 0 aliphatic rings. The number of hydrogen-bond acceptors (Lipinski definition) is 4. The van der Waals surface area contributed by atoms with Crippen LogP contribution < -0.4 is 0 Å². The maximum atomic E-state index is 13.1. The molecule has 0 radical (unpaired) electrons. The molecular formula is C31H30O4. The predicted molar refractivity (Wildman–Crippen MR) is 143 cm³/mol. The third-order valence-corrected chi connectivity index (χ3v) is 6.41. The molecule has 0 atom stereocenters. The van der Waals surface area contributed by atoms with Gasteiger partial charge < -0.3 is 9.47 Å². The molecule has 4 heteroatoms. The molecule has 0 aliphatic carbocycles. The van der Waals surface area contributed by atoms with Crippen molar-refractivity contribution < 1.29 is 19.1 Å². The molecule has 178 valence electrons. The van der Waals surface area contributed by atoms with Gasteiger partial charge in [0.25, 0.3) is 0 Å². The lowest BCUT2D eigenvalue weighted by molar-refractivity contribution is 0.0461. The minimum atomic E-state index is -0.297. The van der Waals surface area contributed by atoms with Gasteiger partial charge in [-0.2, -0.15) is 0 Å². The molecule has 0 fully saturated rings. The van der Waals surface area contributed by atoms with E-state index in [0.29, 0.717) is 30.3 Å². The van der Waals surface area contributed by atoms with Crippen molar-refractivity contribution in [2.45, 2.75) is 27.7 Å². The first-order chi connectivity index (χ1) is 16.9. The van der Waals surface area contributed by atoms with E-state index in [1.165, 1.54) is 0 Å². The van der Waals surface area contributed by atoms with Crippen molar-refractivity contribution in [1.82, 2.24) is 0 Å². The number of Topliss-reactive ketones (excluding diaryl/α,β-unsaturated/α-hetero) is 1. The zero-order valence-electron chi connectivity index (χ0n) is 20.7. The van der Waals surface area contributed by atoms with E-state index >= 15 is 0 Å². The number of ketones is 1. The van der Waals surface area contributed by atoms with Crippen LogP contribution in [0.4, 0.5) is 0 Å². The molecule has 5 rings (SSSR count). The molecule has 0 amide bonds. The molecule has 0 spiro atoms. The SMILES string of the molecule is CC(C)COCC(=O)c1ccc2c3cccc4c(C(=O)OCC(C)C)ccc(c5cccc1c25)c43. The molecule has 5 aromatic carbocycles. The summed E-state index contributed by atoms with van der Waals surface area (Å²) < 4.78 is 11.2. The molecule has 35 heavy (non-hydrogen) atoms. The highest BCUT2D eigenvalue weighted by atomic mass is 16.5. The highest BCUT2D eigenvalue weighted by Crippen LogP contribution is 2.42. The third-order valence-electron chi connectivity index (χ3n) is 6.41. The van der Waals surface area contributed by atoms with Crippen LogP contribution in [0, 0.1) is 11.8 Å². The van der Waals surface area contributed by atoms with E-state index in [-0.39, 0.29) is 24.3 Å². The van der Waals surface area contributed by atoms with Gasteiger partial charge in [-0.05, 0) is 61.0 Å². The lowest BCUT2D eigenvalue weighted by Crippen LogP contribution is -2.12. The topological polar surface area (TPSA) is 52.6 Å². The Morgan fingerprint density at radius 1 is 0.629 bits per heavy atom. The van der Waals surface area contributed by atoms with Gasteiger partial charge in [0.1, 0.15) is 6.61 Å². The zero-order chi connectivity index (χ0) is 24.7. The van der Waals surface area contributed by atoms with Crippen molar-refractivity contribution in [1.29, 1.82) is 0 Å². The van der Waals surface area contributed by atoms with Gasteiger partial charge in [-0.25, -0.2) is 4.79 Å². The fraction of sp³-hybridized carbons (Fsp3) is 0.290. The van der Waals surface area contributed by atoms with Crippen molar-refractivity contribution >= 4 is 54.8 Å². The number of carbonyl (C=O) groups is 2. The fourth-order valence-corrected chi connectivity index (χ4v) is 4.92. The van der Waals surface area contributed by atoms with Crippen LogP contribution >= 0.6 is 0 Å². The molecule has 0 aromatic heterocycles. The maximum absolute atomic E-state index is 13.1. The summed E-state index contributed by atoms with van der Waals surface area (Å²) in [4.78, 5) is 26.0. The molecule has 5 aromatic rings. The molecule has 4 nitrogen and oxygen atoms in total. The van der Waals surface area contributed by atoms with Crippen molar-refractivity contribution in [3.05, 3.63) is 71.8 Å². The molecular weight excluding hydrogens is 436 g/mol. The number of benzene rings is 5. The van der Waals surface area contributed by atoms with E-state index in [1.54, 1.807) is 0 Å².